The average Bonchev–Trinajstić information content (AvgIpc) is 2.76. The SMILES string of the molecule is Cl.Cl.c1ccc(CCCC2CCN(CCCCCCCN3CCCCC3)CC2)cc1. The molecule has 174 valence electrons. The monoisotopic (exact) mass is 456 g/mol. The van der Waals surface area contributed by atoms with E-state index in [9.17, 15) is 0 Å². The Hall–Kier alpha value is -0.280. The average molecular weight is 458 g/mol. The quantitative estimate of drug-likeness (QED) is 0.312. The van der Waals surface area contributed by atoms with Crippen molar-refractivity contribution in [2.75, 3.05) is 39.3 Å². The summed E-state index contributed by atoms with van der Waals surface area (Å²) in [6, 6.07) is 11.0. The lowest BCUT2D eigenvalue weighted by Gasteiger charge is -2.32. The van der Waals surface area contributed by atoms with Crippen LogP contribution in [-0.4, -0.2) is 49.1 Å². The minimum Gasteiger partial charge on any atom is -0.303 e. The predicted molar refractivity (Wildman–Crippen MR) is 136 cm³/mol. The van der Waals surface area contributed by atoms with Crippen molar-refractivity contribution in [2.24, 2.45) is 5.92 Å². The van der Waals surface area contributed by atoms with Crippen LogP contribution in [-0.2, 0) is 6.42 Å². The Kier molecular flexibility index (Phi) is 16.0. The molecule has 2 nitrogen and oxygen atoms in total. The van der Waals surface area contributed by atoms with Crippen LogP contribution < -0.4 is 0 Å². The van der Waals surface area contributed by atoms with E-state index < -0.39 is 0 Å². The normalized spacial score (nSPS) is 18.5. The molecule has 2 saturated heterocycles. The van der Waals surface area contributed by atoms with Gasteiger partial charge in [-0.3, -0.25) is 0 Å². The molecule has 3 rings (SSSR count). The topological polar surface area (TPSA) is 6.48 Å². The minimum absolute atomic E-state index is 0. The highest BCUT2D eigenvalue weighted by Crippen LogP contribution is 2.23. The summed E-state index contributed by atoms with van der Waals surface area (Å²) < 4.78 is 0. The third kappa shape index (κ3) is 11.4. The first-order valence-electron chi connectivity index (χ1n) is 12.4. The number of benzene rings is 1. The van der Waals surface area contributed by atoms with Gasteiger partial charge in [0.15, 0.2) is 0 Å². The highest BCUT2D eigenvalue weighted by molar-refractivity contribution is 5.85. The van der Waals surface area contributed by atoms with Gasteiger partial charge in [-0.2, -0.15) is 0 Å². The standard InChI is InChI=1S/C26H44N2.2ClH/c1(2-8-19-27-20-10-5-11-21-27)3-9-22-28-23-17-26(18-24-28)16-12-15-25-13-6-4-7-14-25;;/h4,6-7,13-14,26H,1-3,5,8-12,15-24H2;2*1H. The predicted octanol–water partition coefficient (Wildman–Crippen LogP) is 7.00. The van der Waals surface area contributed by atoms with Gasteiger partial charge in [0.25, 0.3) is 0 Å². The molecule has 0 atom stereocenters. The van der Waals surface area contributed by atoms with Gasteiger partial charge >= 0.3 is 0 Å². The van der Waals surface area contributed by atoms with Crippen molar-refractivity contribution in [1.82, 2.24) is 9.80 Å². The lowest BCUT2D eigenvalue weighted by Crippen LogP contribution is -2.34. The fourth-order valence-corrected chi connectivity index (χ4v) is 5.12. The number of rotatable bonds is 12. The molecule has 0 radical (unpaired) electrons. The van der Waals surface area contributed by atoms with Gasteiger partial charge in [0.2, 0.25) is 0 Å². The van der Waals surface area contributed by atoms with Crippen LogP contribution in [0, 0.1) is 5.92 Å². The van der Waals surface area contributed by atoms with Gasteiger partial charge in [-0.25, -0.2) is 0 Å². The van der Waals surface area contributed by atoms with Crippen LogP contribution in [0.1, 0.15) is 82.6 Å². The zero-order chi connectivity index (χ0) is 19.3. The largest absolute Gasteiger partial charge is 0.303 e. The van der Waals surface area contributed by atoms with Gasteiger partial charge in [0, 0.05) is 0 Å². The number of hydrogen-bond donors (Lipinski definition) is 0. The lowest BCUT2D eigenvalue weighted by atomic mass is 9.90. The summed E-state index contributed by atoms with van der Waals surface area (Å²) in [5, 5.41) is 0. The second kappa shape index (κ2) is 17.3. The molecule has 2 fully saturated rings. The van der Waals surface area contributed by atoms with Crippen LogP contribution in [0.2, 0.25) is 0 Å². The first-order valence-corrected chi connectivity index (χ1v) is 12.4. The Morgan fingerprint density at radius 2 is 1.20 bits per heavy atom. The Labute approximate surface area is 199 Å². The maximum Gasteiger partial charge on any atom is -0.00161 e. The molecule has 1 aromatic carbocycles. The van der Waals surface area contributed by atoms with Crippen LogP contribution in [0.4, 0.5) is 0 Å². The highest BCUT2D eigenvalue weighted by atomic mass is 35.5. The molecule has 2 heterocycles. The third-order valence-electron chi connectivity index (χ3n) is 7.03. The lowest BCUT2D eigenvalue weighted by molar-refractivity contribution is 0.174. The summed E-state index contributed by atoms with van der Waals surface area (Å²) >= 11 is 0. The van der Waals surface area contributed by atoms with Crippen molar-refractivity contribution >= 4 is 24.8 Å². The van der Waals surface area contributed by atoms with Crippen LogP contribution >= 0.6 is 24.8 Å². The number of hydrogen-bond acceptors (Lipinski definition) is 2. The van der Waals surface area contributed by atoms with E-state index in [0.29, 0.717) is 0 Å². The Bertz CT molecular complexity index is 497. The van der Waals surface area contributed by atoms with Gasteiger partial charge in [0.05, 0.1) is 0 Å². The summed E-state index contributed by atoms with van der Waals surface area (Å²) in [6.45, 7) is 8.14. The van der Waals surface area contributed by atoms with E-state index in [1.54, 1.807) is 0 Å². The third-order valence-corrected chi connectivity index (χ3v) is 7.03. The van der Waals surface area contributed by atoms with E-state index in [0.717, 1.165) is 5.92 Å². The van der Waals surface area contributed by atoms with E-state index in [1.165, 1.54) is 128 Å². The number of piperidine rings is 2. The second-order valence-corrected chi connectivity index (χ2v) is 9.33. The van der Waals surface area contributed by atoms with Crippen molar-refractivity contribution in [3.8, 4) is 0 Å². The van der Waals surface area contributed by atoms with Crippen LogP contribution in [0.15, 0.2) is 30.3 Å². The number of nitrogens with zero attached hydrogens (tertiary/aromatic N) is 2. The van der Waals surface area contributed by atoms with E-state index in [4.69, 9.17) is 0 Å². The zero-order valence-electron chi connectivity index (χ0n) is 19.1. The molecule has 30 heavy (non-hydrogen) atoms. The molecular formula is C26H46Cl2N2. The molecule has 0 bridgehead atoms. The van der Waals surface area contributed by atoms with Crippen LogP contribution in [0.5, 0.6) is 0 Å². The molecule has 2 aliphatic heterocycles. The molecule has 0 amide bonds. The highest BCUT2D eigenvalue weighted by Gasteiger charge is 2.18. The van der Waals surface area contributed by atoms with E-state index in [1.807, 2.05) is 0 Å². The molecule has 0 unspecified atom stereocenters. The Morgan fingerprint density at radius 1 is 0.633 bits per heavy atom. The zero-order valence-corrected chi connectivity index (χ0v) is 20.7. The fraction of sp³-hybridized carbons (Fsp3) is 0.769. The summed E-state index contributed by atoms with van der Waals surface area (Å²) in [7, 11) is 0. The van der Waals surface area contributed by atoms with E-state index >= 15 is 0 Å². The molecule has 0 saturated carbocycles. The number of halogens is 2. The molecule has 1 aromatic rings. The van der Waals surface area contributed by atoms with Crippen molar-refractivity contribution in [3.05, 3.63) is 35.9 Å². The van der Waals surface area contributed by atoms with Crippen molar-refractivity contribution < 1.29 is 0 Å². The van der Waals surface area contributed by atoms with Crippen LogP contribution in [0.3, 0.4) is 0 Å². The van der Waals surface area contributed by atoms with Crippen molar-refractivity contribution in [1.29, 1.82) is 0 Å². The number of unbranched alkanes of at least 4 members (excludes halogenated alkanes) is 4. The van der Waals surface area contributed by atoms with E-state index in [-0.39, 0.29) is 24.8 Å². The first kappa shape index (κ1) is 27.8. The van der Waals surface area contributed by atoms with Gasteiger partial charge in [0.1, 0.15) is 0 Å². The summed E-state index contributed by atoms with van der Waals surface area (Å²) in [5.74, 6) is 0.981. The molecule has 2 aliphatic rings. The van der Waals surface area contributed by atoms with E-state index in [2.05, 4.69) is 40.1 Å². The first-order chi connectivity index (χ1) is 13.9. The molecule has 0 aromatic heterocycles. The number of likely N-dealkylation sites (tertiary alicyclic amines) is 2. The second-order valence-electron chi connectivity index (χ2n) is 9.33. The van der Waals surface area contributed by atoms with Gasteiger partial charge in [-0.15, -0.1) is 24.8 Å². The fourth-order valence-electron chi connectivity index (χ4n) is 5.12. The Balaban J connectivity index is 0.00000225. The molecule has 0 aliphatic carbocycles. The summed E-state index contributed by atoms with van der Waals surface area (Å²) in [6.07, 6.45) is 18.4. The van der Waals surface area contributed by atoms with Crippen molar-refractivity contribution in [2.45, 2.75) is 83.5 Å². The smallest absolute Gasteiger partial charge is 0.00161 e. The summed E-state index contributed by atoms with van der Waals surface area (Å²) in [4.78, 5) is 5.43. The number of aryl methyl sites for hydroxylation is 1. The molecular weight excluding hydrogens is 411 g/mol. The maximum atomic E-state index is 2.74. The minimum atomic E-state index is 0. The molecule has 0 spiro atoms. The Morgan fingerprint density at radius 3 is 1.83 bits per heavy atom. The van der Waals surface area contributed by atoms with Gasteiger partial charge in [-0.1, -0.05) is 62.4 Å². The molecule has 4 heteroatoms. The van der Waals surface area contributed by atoms with Gasteiger partial charge in [-0.05, 0) is 102 Å². The molecule has 0 N–H and O–H groups in total. The summed E-state index contributed by atoms with van der Waals surface area (Å²) in [5.41, 5.74) is 1.51. The van der Waals surface area contributed by atoms with Crippen molar-refractivity contribution in [3.63, 3.8) is 0 Å². The maximum absolute atomic E-state index is 2.74. The van der Waals surface area contributed by atoms with Crippen LogP contribution in [0.25, 0.3) is 0 Å². The van der Waals surface area contributed by atoms with Gasteiger partial charge < -0.3 is 9.80 Å².